The number of phenols is 1. The monoisotopic (exact) mass is 440 g/mol. The molecule has 3 aromatic carbocycles. The molecule has 4 nitrogen and oxygen atoms in total. The predicted octanol–water partition coefficient (Wildman–Crippen LogP) is 5.73. The Labute approximate surface area is 196 Å². The van der Waals surface area contributed by atoms with Gasteiger partial charge in [-0.05, 0) is 59.7 Å². The third-order valence-corrected chi connectivity index (χ3v) is 6.33. The number of phenolic OH excluding ortho intramolecular Hbond substituents is 1. The summed E-state index contributed by atoms with van der Waals surface area (Å²) in [7, 11) is 0. The molecule has 0 radical (unpaired) electrons. The van der Waals surface area contributed by atoms with Crippen LogP contribution in [0.3, 0.4) is 0 Å². The molecule has 4 heteroatoms. The number of nitrogens with zero attached hydrogens (tertiary/aromatic N) is 1. The molecule has 1 aliphatic rings. The second-order valence-electron chi connectivity index (χ2n) is 8.54. The Morgan fingerprint density at radius 3 is 2.70 bits per heavy atom. The third kappa shape index (κ3) is 5.71. The Bertz CT molecular complexity index is 1110. The average molecular weight is 441 g/mol. The number of rotatable bonds is 8. The summed E-state index contributed by atoms with van der Waals surface area (Å²) in [6, 6.07) is 24.0. The van der Waals surface area contributed by atoms with Crippen molar-refractivity contribution >= 4 is 12.0 Å². The Kier molecular flexibility index (Phi) is 7.59. The van der Waals surface area contributed by atoms with Gasteiger partial charge in [0.25, 0.3) is 5.91 Å². The minimum absolute atomic E-state index is 0.0261. The van der Waals surface area contributed by atoms with E-state index < -0.39 is 0 Å². The standard InChI is InChI=1S/C29H32N2O2/c1-2-28-27-20-25(32)16-15-23(27)17-19-31(28)21-24-13-6-7-14-26(24)29(33)30-18-9-8-12-22-10-4-3-5-11-22/h3-8,10-16,20,28,32H,2,9,17-19,21H2,1H3,(H,30,33)/b12-8+. The van der Waals surface area contributed by atoms with Crippen LogP contribution < -0.4 is 5.32 Å². The first kappa shape index (κ1) is 22.8. The SMILES string of the molecule is CCC1c2cc(O)ccc2CCN1Cc1ccccc1C(=O)NCC/C=C/c1ccccc1. The molecule has 1 unspecified atom stereocenters. The van der Waals surface area contributed by atoms with Crippen molar-refractivity contribution in [2.75, 3.05) is 13.1 Å². The van der Waals surface area contributed by atoms with Crippen LogP contribution in [0, 0.1) is 0 Å². The molecule has 4 rings (SSSR count). The quantitative estimate of drug-likeness (QED) is 0.440. The van der Waals surface area contributed by atoms with E-state index in [1.54, 1.807) is 6.07 Å². The van der Waals surface area contributed by atoms with Gasteiger partial charge in [-0.2, -0.15) is 0 Å². The normalized spacial score (nSPS) is 16.0. The number of nitrogens with one attached hydrogen (secondary N) is 1. The van der Waals surface area contributed by atoms with Crippen molar-refractivity contribution in [3.05, 3.63) is 107 Å². The maximum atomic E-state index is 12.9. The average Bonchev–Trinajstić information content (AvgIpc) is 2.84. The molecule has 0 aromatic heterocycles. The topological polar surface area (TPSA) is 52.6 Å². The molecule has 1 atom stereocenters. The van der Waals surface area contributed by atoms with Crippen LogP contribution in [-0.2, 0) is 13.0 Å². The van der Waals surface area contributed by atoms with E-state index in [1.807, 2.05) is 48.5 Å². The van der Waals surface area contributed by atoms with Gasteiger partial charge in [-0.25, -0.2) is 0 Å². The van der Waals surface area contributed by atoms with Crippen LogP contribution in [0.25, 0.3) is 6.08 Å². The van der Waals surface area contributed by atoms with Crippen molar-refractivity contribution in [2.45, 2.75) is 38.8 Å². The number of aromatic hydroxyl groups is 1. The molecule has 3 aromatic rings. The van der Waals surface area contributed by atoms with Gasteiger partial charge in [-0.3, -0.25) is 9.69 Å². The Balaban J connectivity index is 1.40. The van der Waals surface area contributed by atoms with Gasteiger partial charge in [0.1, 0.15) is 5.75 Å². The van der Waals surface area contributed by atoms with Gasteiger partial charge < -0.3 is 10.4 Å². The number of hydrogen-bond acceptors (Lipinski definition) is 3. The number of hydrogen-bond donors (Lipinski definition) is 2. The minimum atomic E-state index is -0.0261. The van der Waals surface area contributed by atoms with Crippen molar-refractivity contribution in [1.29, 1.82) is 0 Å². The lowest BCUT2D eigenvalue weighted by Gasteiger charge is -2.37. The molecule has 1 amide bonds. The van der Waals surface area contributed by atoms with Gasteiger partial charge in [0.2, 0.25) is 0 Å². The van der Waals surface area contributed by atoms with Crippen LogP contribution in [0.4, 0.5) is 0 Å². The Morgan fingerprint density at radius 1 is 1.09 bits per heavy atom. The molecule has 33 heavy (non-hydrogen) atoms. The van der Waals surface area contributed by atoms with E-state index in [2.05, 4.69) is 47.5 Å². The van der Waals surface area contributed by atoms with Gasteiger partial charge in [0.15, 0.2) is 0 Å². The minimum Gasteiger partial charge on any atom is -0.508 e. The molecule has 0 saturated carbocycles. The zero-order valence-electron chi connectivity index (χ0n) is 19.2. The van der Waals surface area contributed by atoms with Crippen molar-refractivity contribution in [3.63, 3.8) is 0 Å². The fourth-order valence-electron chi connectivity index (χ4n) is 4.65. The van der Waals surface area contributed by atoms with E-state index in [-0.39, 0.29) is 11.9 Å². The largest absolute Gasteiger partial charge is 0.508 e. The summed E-state index contributed by atoms with van der Waals surface area (Å²) in [5.74, 6) is 0.289. The predicted molar refractivity (Wildman–Crippen MR) is 134 cm³/mol. The molecule has 0 bridgehead atoms. The van der Waals surface area contributed by atoms with Gasteiger partial charge >= 0.3 is 0 Å². The zero-order valence-corrected chi connectivity index (χ0v) is 19.2. The molecule has 1 aliphatic heterocycles. The molecule has 1 heterocycles. The van der Waals surface area contributed by atoms with Crippen LogP contribution in [-0.4, -0.2) is 29.0 Å². The van der Waals surface area contributed by atoms with Gasteiger partial charge in [-0.15, -0.1) is 0 Å². The fraction of sp³-hybridized carbons (Fsp3) is 0.276. The summed E-state index contributed by atoms with van der Waals surface area (Å²) in [5, 5.41) is 13.1. The highest BCUT2D eigenvalue weighted by atomic mass is 16.3. The van der Waals surface area contributed by atoms with Gasteiger partial charge in [0, 0.05) is 31.2 Å². The van der Waals surface area contributed by atoms with Crippen molar-refractivity contribution in [3.8, 4) is 5.75 Å². The Morgan fingerprint density at radius 2 is 1.88 bits per heavy atom. The first-order chi connectivity index (χ1) is 16.2. The van der Waals surface area contributed by atoms with E-state index in [9.17, 15) is 9.90 Å². The van der Waals surface area contributed by atoms with E-state index in [4.69, 9.17) is 0 Å². The second-order valence-corrected chi connectivity index (χ2v) is 8.54. The second kappa shape index (κ2) is 11.0. The van der Waals surface area contributed by atoms with E-state index in [0.717, 1.165) is 42.5 Å². The highest BCUT2D eigenvalue weighted by Crippen LogP contribution is 2.35. The van der Waals surface area contributed by atoms with Crippen LogP contribution >= 0.6 is 0 Å². The summed E-state index contributed by atoms with van der Waals surface area (Å²) in [6.45, 7) is 4.43. The molecule has 0 aliphatic carbocycles. The van der Waals surface area contributed by atoms with Gasteiger partial charge in [0.05, 0.1) is 0 Å². The highest BCUT2D eigenvalue weighted by molar-refractivity contribution is 5.95. The maximum absolute atomic E-state index is 12.9. The smallest absolute Gasteiger partial charge is 0.251 e. The molecule has 170 valence electrons. The van der Waals surface area contributed by atoms with Gasteiger partial charge in [-0.1, -0.05) is 73.7 Å². The number of carbonyl (C=O) groups is 1. The first-order valence-electron chi connectivity index (χ1n) is 11.8. The fourth-order valence-corrected chi connectivity index (χ4v) is 4.65. The lowest BCUT2D eigenvalue weighted by atomic mass is 9.90. The molecule has 0 spiro atoms. The molecule has 0 saturated heterocycles. The number of amides is 1. The summed E-state index contributed by atoms with van der Waals surface area (Å²) < 4.78 is 0. The van der Waals surface area contributed by atoms with E-state index >= 15 is 0 Å². The number of benzene rings is 3. The summed E-state index contributed by atoms with van der Waals surface area (Å²) >= 11 is 0. The lowest BCUT2D eigenvalue weighted by Crippen LogP contribution is -2.35. The first-order valence-corrected chi connectivity index (χ1v) is 11.8. The molecular formula is C29H32N2O2. The van der Waals surface area contributed by atoms with Crippen LogP contribution in [0.2, 0.25) is 0 Å². The van der Waals surface area contributed by atoms with Crippen molar-refractivity contribution < 1.29 is 9.90 Å². The molecule has 0 fully saturated rings. The van der Waals surface area contributed by atoms with E-state index in [0.29, 0.717) is 18.8 Å². The van der Waals surface area contributed by atoms with Crippen molar-refractivity contribution in [1.82, 2.24) is 10.2 Å². The number of carbonyl (C=O) groups excluding carboxylic acids is 1. The molecular weight excluding hydrogens is 408 g/mol. The lowest BCUT2D eigenvalue weighted by molar-refractivity contribution is 0.0950. The maximum Gasteiger partial charge on any atom is 0.251 e. The summed E-state index contributed by atoms with van der Waals surface area (Å²) in [4.78, 5) is 15.4. The van der Waals surface area contributed by atoms with Crippen LogP contribution in [0.5, 0.6) is 5.75 Å². The van der Waals surface area contributed by atoms with Crippen molar-refractivity contribution in [2.24, 2.45) is 0 Å². The summed E-state index contributed by atoms with van der Waals surface area (Å²) in [6.07, 6.45) is 6.87. The highest BCUT2D eigenvalue weighted by Gasteiger charge is 2.27. The van der Waals surface area contributed by atoms with E-state index in [1.165, 1.54) is 11.1 Å². The zero-order chi connectivity index (χ0) is 23.0. The van der Waals surface area contributed by atoms with Crippen LogP contribution in [0.1, 0.15) is 58.4 Å². The molecule has 2 N–H and O–H groups in total. The number of fused-ring (bicyclic) bond motifs is 1. The van der Waals surface area contributed by atoms with Crippen LogP contribution in [0.15, 0.2) is 78.9 Å². The third-order valence-electron chi connectivity index (χ3n) is 6.33. The summed E-state index contributed by atoms with van der Waals surface area (Å²) in [5.41, 5.74) is 5.45. The Hall–Kier alpha value is -3.37.